The fourth-order valence-corrected chi connectivity index (χ4v) is 2.62. The molecule has 0 saturated heterocycles. The lowest BCUT2D eigenvalue weighted by atomic mass is 10.1. The molecule has 0 saturated carbocycles. The van der Waals surface area contributed by atoms with Crippen LogP contribution in [-0.4, -0.2) is 17.0 Å². The van der Waals surface area contributed by atoms with Crippen molar-refractivity contribution < 1.29 is 0 Å². The molecule has 0 aliphatic rings. The molecule has 1 N–H and O–H groups in total. The van der Waals surface area contributed by atoms with Gasteiger partial charge < -0.3 is 5.32 Å². The number of aromatic nitrogens is 2. The second-order valence-corrected chi connectivity index (χ2v) is 4.98. The fourth-order valence-electron chi connectivity index (χ4n) is 1.87. The van der Waals surface area contributed by atoms with E-state index in [1.54, 1.807) is 12.4 Å². The highest BCUT2D eigenvalue weighted by Gasteiger charge is 2.10. The summed E-state index contributed by atoms with van der Waals surface area (Å²) in [4.78, 5) is 9.91. The number of aryl methyl sites for hydroxylation is 1. The van der Waals surface area contributed by atoms with E-state index in [0.717, 1.165) is 18.5 Å². The lowest BCUT2D eigenvalue weighted by Gasteiger charge is -2.14. The van der Waals surface area contributed by atoms with E-state index in [2.05, 4.69) is 32.8 Å². The Morgan fingerprint density at radius 1 is 1.41 bits per heavy atom. The molecular formula is C13H17N3S. The molecule has 2 aromatic heterocycles. The lowest BCUT2D eigenvalue weighted by molar-refractivity contribution is 0.514. The van der Waals surface area contributed by atoms with Gasteiger partial charge >= 0.3 is 0 Å². The summed E-state index contributed by atoms with van der Waals surface area (Å²) in [6, 6.07) is 4.61. The average molecular weight is 247 g/mol. The molecule has 2 aromatic rings. The Bertz CT molecular complexity index is 413. The van der Waals surface area contributed by atoms with Gasteiger partial charge in [-0.05, 0) is 37.8 Å². The van der Waals surface area contributed by atoms with Crippen LogP contribution in [0.25, 0.3) is 0 Å². The van der Waals surface area contributed by atoms with Crippen molar-refractivity contribution in [1.29, 1.82) is 0 Å². The largest absolute Gasteiger partial charge is 0.312 e. The third-order valence-corrected chi connectivity index (χ3v) is 3.72. The maximum Gasteiger partial charge on any atom is 0.0755 e. The van der Waals surface area contributed by atoms with Crippen LogP contribution in [-0.2, 0) is 6.42 Å². The van der Waals surface area contributed by atoms with E-state index in [4.69, 9.17) is 0 Å². The van der Waals surface area contributed by atoms with Crippen molar-refractivity contribution in [2.45, 2.75) is 25.3 Å². The van der Waals surface area contributed by atoms with E-state index in [9.17, 15) is 0 Å². The quantitative estimate of drug-likeness (QED) is 0.853. The van der Waals surface area contributed by atoms with Crippen molar-refractivity contribution in [3.63, 3.8) is 0 Å². The highest BCUT2D eigenvalue weighted by molar-refractivity contribution is 7.09. The topological polar surface area (TPSA) is 37.8 Å². The second-order valence-electron chi connectivity index (χ2n) is 3.94. The summed E-state index contributed by atoms with van der Waals surface area (Å²) < 4.78 is 0. The molecule has 0 spiro atoms. The molecule has 90 valence electrons. The average Bonchev–Trinajstić information content (AvgIpc) is 2.89. The van der Waals surface area contributed by atoms with E-state index in [1.165, 1.54) is 11.3 Å². The van der Waals surface area contributed by atoms with Gasteiger partial charge in [0.2, 0.25) is 0 Å². The molecule has 1 unspecified atom stereocenters. The zero-order valence-electron chi connectivity index (χ0n) is 9.97. The Balaban J connectivity index is 1.84. The minimum Gasteiger partial charge on any atom is -0.312 e. The molecule has 2 heterocycles. The van der Waals surface area contributed by atoms with Crippen LogP contribution in [0.5, 0.6) is 0 Å². The van der Waals surface area contributed by atoms with Crippen LogP contribution in [0.2, 0.25) is 0 Å². The number of hydrogen-bond acceptors (Lipinski definition) is 4. The lowest BCUT2D eigenvalue weighted by Crippen LogP contribution is -2.17. The van der Waals surface area contributed by atoms with E-state index in [1.807, 2.05) is 24.6 Å². The number of thiophene rings is 1. The maximum absolute atomic E-state index is 4.34. The van der Waals surface area contributed by atoms with Crippen LogP contribution in [0.4, 0.5) is 0 Å². The predicted octanol–water partition coefficient (Wildman–Crippen LogP) is 2.82. The van der Waals surface area contributed by atoms with Gasteiger partial charge in [-0.2, -0.15) is 0 Å². The third-order valence-electron chi connectivity index (χ3n) is 2.78. The first-order valence-corrected chi connectivity index (χ1v) is 6.73. The monoisotopic (exact) mass is 247 g/mol. The molecule has 4 heteroatoms. The van der Waals surface area contributed by atoms with Gasteiger partial charge in [0.25, 0.3) is 0 Å². The van der Waals surface area contributed by atoms with Crippen molar-refractivity contribution in [2.24, 2.45) is 0 Å². The van der Waals surface area contributed by atoms with E-state index < -0.39 is 0 Å². The molecule has 0 aliphatic heterocycles. The van der Waals surface area contributed by atoms with Gasteiger partial charge in [-0.25, -0.2) is 0 Å². The van der Waals surface area contributed by atoms with Gasteiger partial charge in [-0.3, -0.25) is 9.97 Å². The van der Waals surface area contributed by atoms with Crippen LogP contribution in [0.1, 0.15) is 29.5 Å². The van der Waals surface area contributed by atoms with Crippen molar-refractivity contribution >= 4 is 11.3 Å². The summed E-state index contributed by atoms with van der Waals surface area (Å²) in [6.07, 6.45) is 8.71. The Morgan fingerprint density at radius 2 is 2.35 bits per heavy atom. The first-order chi connectivity index (χ1) is 8.40. The molecule has 1 atom stereocenters. The maximum atomic E-state index is 4.34. The molecule has 0 aliphatic carbocycles. The Labute approximate surface area is 106 Å². The van der Waals surface area contributed by atoms with E-state index in [-0.39, 0.29) is 0 Å². The van der Waals surface area contributed by atoms with Crippen LogP contribution in [0, 0.1) is 0 Å². The summed E-state index contributed by atoms with van der Waals surface area (Å²) in [7, 11) is 1.98. The highest BCUT2D eigenvalue weighted by atomic mass is 32.1. The van der Waals surface area contributed by atoms with Gasteiger partial charge in [0.05, 0.1) is 11.7 Å². The third kappa shape index (κ3) is 3.61. The smallest absolute Gasteiger partial charge is 0.0755 e. The van der Waals surface area contributed by atoms with Crippen molar-refractivity contribution in [3.05, 3.63) is 46.7 Å². The molecule has 0 fully saturated rings. The van der Waals surface area contributed by atoms with Gasteiger partial charge in [0, 0.05) is 23.5 Å². The summed E-state index contributed by atoms with van der Waals surface area (Å²) in [5.74, 6) is 0. The molecule has 0 bridgehead atoms. The number of nitrogens with zero attached hydrogens (tertiary/aromatic N) is 2. The van der Waals surface area contributed by atoms with Gasteiger partial charge in [-0.15, -0.1) is 11.3 Å². The van der Waals surface area contributed by atoms with Crippen molar-refractivity contribution in [3.8, 4) is 0 Å². The standard InChI is InChI=1S/C13H17N3S/c1-14-12(13-10-15-7-8-16-13)6-2-4-11-5-3-9-17-11/h3,5,7-10,12,14H,2,4,6H2,1H3. The molecular weight excluding hydrogens is 230 g/mol. The van der Waals surface area contributed by atoms with Crippen LogP contribution in [0.3, 0.4) is 0 Å². The van der Waals surface area contributed by atoms with Crippen LogP contribution < -0.4 is 5.32 Å². The summed E-state index contributed by atoms with van der Waals surface area (Å²) in [5.41, 5.74) is 1.03. The van der Waals surface area contributed by atoms with E-state index in [0.29, 0.717) is 6.04 Å². The van der Waals surface area contributed by atoms with Crippen LogP contribution in [0.15, 0.2) is 36.1 Å². The van der Waals surface area contributed by atoms with Crippen LogP contribution >= 0.6 is 11.3 Å². The Hall–Kier alpha value is -1.26. The molecule has 2 rings (SSSR count). The highest BCUT2D eigenvalue weighted by Crippen LogP contribution is 2.18. The normalized spacial score (nSPS) is 12.5. The Kier molecular flexibility index (Phi) is 4.64. The minimum absolute atomic E-state index is 0.309. The van der Waals surface area contributed by atoms with E-state index >= 15 is 0 Å². The summed E-state index contributed by atoms with van der Waals surface area (Å²) >= 11 is 1.83. The predicted molar refractivity (Wildman–Crippen MR) is 71.1 cm³/mol. The number of nitrogens with one attached hydrogen (secondary N) is 1. The zero-order chi connectivity index (χ0) is 11.9. The zero-order valence-corrected chi connectivity index (χ0v) is 10.8. The first kappa shape index (κ1) is 12.2. The first-order valence-electron chi connectivity index (χ1n) is 5.85. The van der Waals surface area contributed by atoms with Gasteiger partial charge in [-0.1, -0.05) is 6.07 Å². The molecule has 3 nitrogen and oxygen atoms in total. The fraction of sp³-hybridized carbons (Fsp3) is 0.385. The minimum atomic E-state index is 0.309. The summed E-state index contributed by atoms with van der Waals surface area (Å²) in [5, 5.41) is 5.43. The number of hydrogen-bond donors (Lipinski definition) is 1. The SMILES string of the molecule is CNC(CCCc1cccs1)c1cnccn1. The van der Waals surface area contributed by atoms with Gasteiger partial charge in [0.15, 0.2) is 0 Å². The molecule has 0 amide bonds. The molecule has 0 aromatic carbocycles. The number of rotatable bonds is 6. The summed E-state index contributed by atoms with van der Waals surface area (Å²) in [6.45, 7) is 0. The molecule has 17 heavy (non-hydrogen) atoms. The Morgan fingerprint density at radius 3 is 3.00 bits per heavy atom. The second kappa shape index (κ2) is 6.47. The molecule has 0 radical (unpaired) electrons. The van der Waals surface area contributed by atoms with Crippen molar-refractivity contribution in [1.82, 2.24) is 15.3 Å². The van der Waals surface area contributed by atoms with Crippen molar-refractivity contribution in [2.75, 3.05) is 7.05 Å². The van der Waals surface area contributed by atoms with Gasteiger partial charge in [0.1, 0.15) is 0 Å².